The van der Waals surface area contributed by atoms with E-state index in [1.54, 1.807) is 0 Å². The van der Waals surface area contributed by atoms with E-state index in [1.165, 1.54) is 0 Å². The SMILES string of the molecule is Cl.Cl.NCC1(CN)CC(F)(F)C1. The number of hydrogen-bond acceptors (Lipinski definition) is 2. The number of rotatable bonds is 2. The smallest absolute Gasteiger partial charge is 0.249 e. The van der Waals surface area contributed by atoms with E-state index in [0.29, 0.717) is 0 Å². The van der Waals surface area contributed by atoms with Crippen molar-refractivity contribution in [3.05, 3.63) is 0 Å². The van der Waals surface area contributed by atoms with Gasteiger partial charge in [0.05, 0.1) is 0 Å². The van der Waals surface area contributed by atoms with Crippen molar-refractivity contribution in [2.45, 2.75) is 18.8 Å². The second-order valence-electron chi connectivity index (χ2n) is 3.12. The molecule has 2 nitrogen and oxygen atoms in total. The molecule has 76 valence electrons. The Morgan fingerprint density at radius 1 is 1.00 bits per heavy atom. The standard InChI is InChI=1S/C6H12F2N2.2ClH/c7-6(8)1-5(2-6,3-9)4-10;;/h1-4,9-10H2;2*1H. The molecule has 0 aliphatic heterocycles. The van der Waals surface area contributed by atoms with Crippen molar-refractivity contribution in [3.63, 3.8) is 0 Å². The van der Waals surface area contributed by atoms with Crippen LogP contribution in [0.1, 0.15) is 12.8 Å². The Kier molecular flexibility index (Phi) is 5.64. The van der Waals surface area contributed by atoms with Gasteiger partial charge in [0.2, 0.25) is 5.92 Å². The van der Waals surface area contributed by atoms with Crippen LogP contribution in [0, 0.1) is 5.41 Å². The Hall–Kier alpha value is 0.360. The molecule has 0 saturated heterocycles. The minimum atomic E-state index is -2.50. The molecule has 6 heteroatoms. The number of nitrogens with two attached hydrogens (primary N) is 2. The van der Waals surface area contributed by atoms with Crippen LogP contribution in [-0.4, -0.2) is 19.0 Å². The normalized spacial score (nSPS) is 23.0. The van der Waals surface area contributed by atoms with E-state index >= 15 is 0 Å². The molecular weight excluding hydrogens is 209 g/mol. The summed E-state index contributed by atoms with van der Waals surface area (Å²) >= 11 is 0. The first-order chi connectivity index (χ1) is 4.54. The Balaban J connectivity index is 0. The van der Waals surface area contributed by atoms with Crippen LogP contribution in [0.5, 0.6) is 0 Å². The molecule has 0 bridgehead atoms. The lowest BCUT2D eigenvalue weighted by Crippen LogP contribution is -2.54. The van der Waals surface area contributed by atoms with E-state index in [-0.39, 0.29) is 50.7 Å². The second-order valence-corrected chi connectivity index (χ2v) is 3.12. The van der Waals surface area contributed by atoms with Gasteiger partial charge in [-0.25, -0.2) is 8.78 Å². The molecule has 1 aliphatic carbocycles. The topological polar surface area (TPSA) is 52.0 Å². The summed E-state index contributed by atoms with van der Waals surface area (Å²) in [6.07, 6.45) is -0.264. The van der Waals surface area contributed by atoms with Gasteiger partial charge in [-0.3, -0.25) is 0 Å². The van der Waals surface area contributed by atoms with Gasteiger partial charge in [0.15, 0.2) is 0 Å². The van der Waals surface area contributed by atoms with Gasteiger partial charge in [-0.15, -0.1) is 24.8 Å². The van der Waals surface area contributed by atoms with E-state index in [9.17, 15) is 8.78 Å². The van der Waals surface area contributed by atoms with E-state index in [0.717, 1.165) is 0 Å². The van der Waals surface area contributed by atoms with Gasteiger partial charge in [0.25, 0.3) is 0 Å². The molecule has 4 N–H and O–H groups in total. The van der Waals surface area contributed by atoms with Gasteiger partial charge in [-0.2, -0.15) is 0 Å². The fourth-order valence-electron chi connectivity index (χ4n) is 1.42. The van der Waals surface area contributed by atoms with E-state index in [2.05, 4.69) is 0 Å². The highest BCUT2D eigenvalue weighted by Crippen LogP contribution is 2.50. The molecule has 0 heterocycles. The highest BCUT2D eigenvalue weighted by atomic mass is 35.5. The molecule has 0 unspecified atom stereocenters. The van der Waals surface area contributed by atoms with Crippen LogP contribution in [0.15, 0.2) is 0 Å². The number of alkyl halides is 2. The quantitative estimate of drug-likeness (QED) is 0.738. The summed E-state index contributed by atoms with van der Waals surface area (Å²) in [5, 5.41) is 0. The lowest BCUT2D eigenvalue weighted by atomic mass is 9.66. The number of hydrogen-bond donors (Lipinski definition) is 2. The van der Waals surface area contributed by atoms with Crippen LogP contribution in [0.2, 0.25) is 0 Å². The zero-order valence-corrected chi connectivity index (χ0v) is 8.19. The maximum Gasteiger partial charge on any atom is 0.249 e. The molecule has 0 amide bonds. The highest BCUT2D eigenvalue weighted by molar-refractivity contribution is 5.85. The Bertz CT molecular complexity index is 130. The minimum absolute atomic E-state index is 0. The lowest BCUT2D eigenvalue weighted by molar-refractivity contribution is -0.153. The monoisotopic (exact) mass is 222 g/mol. The van der Waals surface area contributed by atoms with Crippen LogP contribution in [0.25, 0.3) is 0 Å². The second kappa shape index (κ2) is 4.56. The molecule has 1 fully saturated rings. The third-order valence-electron chi connectivity index (χ3n) is 2.13. The molecule has 1 saturated carbocycles. The first kappa shape index (κ1) is 14.9. The Labute approximate surface area is 82.9 Å². The molecule has 0 radical (unpaired) electrons. The van der Waals surface area contributed by atoms with Crippen molar-refractivity contribution in [2.75, 3.05) is 13.1 Å². The van der Waals surface area contributed by atoms with Crippen LogP contribution in [-0.2, 0) is 0 Å². The zero-order chi connectivity index (χ0) is 7.83. The van der Waals surface area contributed by atoms with Gasteiger partial charge in [-0.05, 0) is 13.1 Å². The Morgan fingerprint density at radius 2 is 1.33 bits per heavy atom. The average molecular weight is 223 g/mol. The molecule has 0 atom stereocenters. The summed E-state index contributed by atoms with van der Waals surface area (Å²) in [6, 6.07) is 0. The largest absolute Gasteiger partial charge is 0.330 e. The van der Waals surface area contributed by atoms with Gasteiger partial charge in [-0.1, -0.05) is 0 Å². The van der Waals surface area contributed by atoms with Crippen LogP contribution in [0.3, 0.4) is 0 Å². The number of halogens is 4. The molecule has 12 heavy (non-hydrogen) atoms. The third-order valence-corrected chi connectivity index (χ3v) is 2.13. The molecular formula is C6H14Cl2F2N2. The third kappa shape index (κ3) is 2.69. The van der Waals surface area contributed by atoms with E-state index in [4.69, 9.17) is 11.5 Å². The Morgan fingerprint density at radius 3 is 1.42 bits per heavy atom. The van der Waals surface area contributed by atoms with Gasteiger partial charge < -0.3 is 11.5 Å². The van der Waals surface area contributed by atoms with Crippen LogP contribution < -0.4 is 11.5 Å². The summed E-state index contributed by atoms with van der Waals surface area (Å²) in [6.45, 7) is 0.554. The van der Waals surface area contributed by atoms with Crippen molar-refractivity contribution >= 4 is 24.8 Å². The summed E-state index contributed by atoms with van der Waals surface area (Å²) < 4.78 is 24.6. The fourth-order valence-corrected chi connectivity index (χ4v) is 1.42. The van der Waals surface area contributed by atoms with Crippen molar-refractivity contribution in [1.29, 1.82) is 0 Å². The summed E-state index contributed by atoms with van der Waals surface area (Å²) in [7, 11) is 0. The minimum Gasteiger partial charge on any atom is -0.330 e. The fraction of sp³-hybridized carbons (Fsp3) is 1.00. The predicted octanol–water partition coefficient (Wildman–Crippen LogP) is 1.16. The summed E-state index contributed by atoms with van der Waals surface area (Å²) in [4.78, 5) is 0. The predicted molar refractivity (Wildman–Crippen MR) is 49.2 cm³/mol. The van der Waals surface area contributed by atoms with Gasteiger partial charge in [0.1, 0.15) is 0 Å². The first-order valence-electron chi connectivity index (χ1n) is 3.32. The van der Waals surface area contributed by atoms with Crippen LogP contribution >= 0.6 is 24.8 Å². The summed E-state index contributed by atoms with van der Waals surface area (Å²) in [5.41, 5.74) is 10.1. The van der Waals surface area contributed by atoms with E-state index in [1.807, 2.05) is 0 Å². The maximum atomic E-state index is 12.3. The average Bonchev–Trinajstić information content (AvgIpc) is 1.82. The lowest BCUT2D eigenvalue weighted by Gasteiger charge is -2.45. The molecule has 0 aromatic heterocycles. The maximum absolute atomic E-state index is 12.3. The summed E-state index contributed by atoms with van der Waals surface area (Å²) in [5.74, 6) is -2.50. The van der Waals surface area contributed by atoms with Gasteiger partial charge in [0, 0.05) is 18.3 Å². The van der Waals surface area contributed by atoms with Crippen molar-refractivity contribution < 1.29 is 8.78 Å². The van der Waals surface area contributed by atoms with Crippen molar-refractivity contribution in [3.8, 4) is 0 Å². The van der Waals surface area contributed by atoms with Crippen molar-refractivity contribution in [1.82, 2.24) is 0 Å². The highest BCUT2D eigenvalue weighted by Gasteiger charge is 2.54. The van der Waals surface area contributed by atoms with Gasteiger partial charge >= 0.3 is 0 Å². The molecule has 0 aromatic rings. The van der Waals surface area contributed by atoms with Crippen LogP contribution in [0.4, 0.5) is 8.78 Å². The molecule has 1 aliphatic rings. The molecule has 0 spiro atoms. The van der Waals surface area contributed by atoms with E-state index < -0.39 is 11.3 Å². The first-order valence-corrected chi connectivity index (χ1v) is 3.32. The molecule has 0 aromatic carbocycles. The zero-order valence-electron chi connectivity index (χ0n) is 6.56. The van der Waals surface area contributed by atoms with Crippen molar-refractivity contribution in [2.24, 2.45) is 16.9 Å². The molecule has 1 rings (SSSR count).